The topological polar surface area (TPSA) is 99.0 Å². The van der Waals surface area contributed by atoms with Crippen molar-refractivity contribution in [2.45, 2.75) is 37.7 Å². The smallest absolute Gasteiger partial charge is 0.233 e. The van der Waals surface area contributed by atoms with Gasteiger partial charge in [-0.15, -0.1) is 10.2 Å². The van der Waals surface area contributed by atoms with Crippen molar-refractivity contribution >= 4 is 17.7 Å². The molecular formula is C18H21N5O2S. The Labute approximate surface area is 156 Å². The van der Waals surface area contributed by atoms with E-state index in [2.05, 4.69) is 15.5 Å². The average Bonchev–Trinajstić information content (AvgIpc) is 3.20. The normalized spacial score (nSPS) is 12.1. The van der Waals surface area contributed by atoms with Crippen LogP contribution in [0, 0.1) is 13.8 Å². The van der Waals surface area contributed by atoms with Crippen molar-refractivity contribution in [3.63, 3.8) is 0 Å². The first-order chi connectivity index (χ1) is 12.5. The molecule has 0 aliphatic heterocycles. The number of nitrogens with two attached hydrogens (primary N) is 1. The highest BCUT2D eigenvalue weighted by Gasteiger charge is 2.21. The zero-order chi connectivity index (χ0) is 18.7. The van der Waals surface area contributed by atoms with Gasteiger partial charge in [-0.05, 0) is 32.4 Å². The first kappa shape index (κ1) is 18.1. The third kappa shape index (κ3) is 3.91. The first-order valence-corrected chi connectivity index (χ1v) is 9.08. The largest absolute Gasteiger partial charge is 0.469 e. The van der Waals surface area contributed by atoms with Crippen LogP contribution in [0.3, 0.4) is 0 Å². The second-order valence-electron chi connectivity index (χ2n) is 6.03. The van der Waals surface area contributed by atoms with Crippen LogP contribution in [0.5, 0.6) is 0 Å². The molecule has 0 spiro atoms. The van der Waals surface area contributed by atoms with Gasteiger partial charge in [0.2, 0.25) is 11.1 Å². The van der Waals surface area contributed by atoms with Gasteiger partial charge in [-0.3, -0.25) is 4.79 Å². The number of nitrogens with one attached hydrogen (secondary N) is 1. The molecule has 3 aromatic rings. The molecule has 3 rings (SSSR count). The van der Waals surface area contributed by atoms with Crippen molar-refractivity contribution in [3.05, 3.63) is 53.5 Å². The quantitative estimate of drug-likeness (QED) is 0.510. The lowest BCUT2D eigenvalue weighted by Gasteiger charge is -2.11. The minimum atomic E-state index is -0.356. The molecule has 1 amide bonds. The molecule has 8 heteroatoms. The molecule has 0 bridgehead atoms. The van der Waals surface area contributed by atoms with Crippen molar-refractivity contribution in [1.82, 2.24) is 20.2 Å². The number of furan rings is 1. The van der Waals surface area contributed by atoms with Crippen molar-refractivity contribution in [3.8, 4) is 11.4 Å². The summed E-state index contributed by atoms with van der Waals surface area (Å²) < 4.78 is 6.66. The summed E-state index contributed by atoms with van der Waals surface area (Å²) in [6, 6.07) is 9.84. The number of nitrogens with zero attached hydrogens (tertiary/aromatic N) is 3. The zero-order valence-corrected chi connectivity index (χ0v) is 15.7. The van der Waals surface area contributed by atoms with Crippen LogP contribution in [-0.4, -0.2) is 26.0 Å². The fourth-order valence-corrected chi connectivity index (χ4v) is 3.20. The fraction of sp³-hybridized carbons (Fsp3) is 0.278. The van der Waals surface area contributed by atoms with Crippen LogP contribution < -0.4 is 11.2 Å². The number of hydrogen-bond donors (Lipinski definition) is 2. The Morgan fingerprint density at radius 2 is 2.00 bits per heavy atom. The van der Waals surface area contributed by atoms with E-state index >= 15 is 0 Å². The van der Waals surface area contributed by atoms with Gasteiger partial charge >= 0.3 is 0 Å². The molecule has 0 aliphatic rings. The molecule has 0 fully saturated rings. The molecular weight excluding hydrogens is 350 g/mol. The molecule has 0 aliphatic carbocycles. The number of rotatable bonds is 6. The minimum absolute atomic E-state index is 0.0837. The van der Waals surface area contributed by atoms with Gasteiger partial charge in [0.05, 0.1) is 17.1 Å². The SMILES string of the molecule is Cc1ccc(CNC(=O)C(C)Sc2nnc(-c3ccoc3C)n2N)cc1. The monoisotopic (exact) mass is 371 g/mol. The molecule has 3 N–H and O–H groups in total. The fourth-order valence-electron chi connectivity index (χ4n) is 2.41. The maximum atomic E-state index is 12.3. The van der Waals surface area contributed by atoms with Crippen molar-refractivity contribution in [2.24, 2.45) is 0 Å². The third-order valence-corrected chi connectivity index (χ3v) is 5.06. The molecule has 2 aromatic heterocycles. The highest BCUT2D eigenvalue weighted by Crippen LogP contribution is 2.27. The van der Waals surface area contributed by atoms with E-state index in [0.717, 1.165) is 11.1 Å². The predicted molar refractivity (Wildman–Crippen MR) is 101 cm³/mol. The molecule has 1 atom stereocenters. The van der Waals surface area contributed by atoms with Gasteiger partial charge in [0.15, 0.2) is 5.82 Å². The summed E-state index contributed by atoms with van der Waals surface area (Å²) in [6.45, 7) is 6.16. The van der Waals surface area contributed by atoms with E-state index < -0.39 is 0 Å². The summed E-state index contributed by atoms with van der Waals surface area (Å²) in [5.74, 6) is 7.22. The molecule has 0 radical (unpaired) electrons. The van der Waals surface area contributed by atoms with E-state index in [1.54, 1.807) is 12.3 Å². The van der Waals surface area contributed by atoms with Crippen molar-refractivity contribution in [1.29, 1.82) is 0 Å². The van der Waals surface area contributed by atoms with E-state index in [0.29, 0.717) is 23.3 Å². The molecule has 7 nitrogen and oxygen atoms in total. The van der Waals surface area contributed by atoms with Gasteiger partial charge in [-0.2, -0.15) is 0 Å². The molecule has 0 saturated heterocycles. The highest BCUT2D eigenvalue weighted by atomic mass is 32.2. The number of carbonyl (C=O) groups is 1. The van der Waals surface area contributed by atoms with Crippen LogP contribution >= 0.6 is 11.8 Å². The molecule has 136 valence electrons. The van der Waals surface area contributed by atoms with E-state index in [9.17, 15) is 4.79 Å². The van der Waals surface area contributed by atoms with Gasteiger partial charge in [-0.25, -0.2) is 4.68 Å². The summed E-state index contributed by atoms with van der Waals surface area (Å²) in [4.78, 5) is 12.3. The van der Waals surface area contributed by atoms with Crippen LogP contribution in [0.15, 0.2) is 46.2 Å². The van der Waals surface area contributed by atoms with E-state index in [4.69, 9.17) is 10.3 Å². The Morgan fingerprint density at radius 3 is 2.65 bits per heavy atom. The molecule has 26 heavy (non-hydrogen) atoms. The molecule has 1 unspecified atom stereocenters. The van der Waals surface area contributed by atoms with Crippen molar-refractivity contribution in [2.75, 3.05) is 5.84 Å². The van der Waals surface area contributed by atoms with Gasteiger partial charge < -0.3 is 15.6 Å². The predicted octanol–water partition coefficient (Wildman–Crippen LogP) is 2.67. The van der Waals surface area contributed by atoms with Crippen LogP contribution in [-0.2, 0) is 11.3 Å². The van der Waals surface area contributed by atoms with Crippen LogP contribution in [0.1, 0.15) is 23.8 Å². The maximum Gasteiger partial charge on any atom is 0.233 e. The number of amides is 1. The van der Waals surface area contributed by atoms with Crippen LogP contribution in [0.4, 0.5) is 0 Å². The van der Waals surface area contributed by atoms with Gasteiger partial charge in [0.1, 0.15) is 5.76 Å². The molecule has 0 saturated carbocycles. The van der Waals surface area contributed by atoms with Gasteiger partial charge in [0.25, 0.3) is 0 Å². The Kier molecular flexibility index (Phi) is 5.32. The van der Waals surface area contributed by atoms with Crippen LogP contribution in [0.2, 0.25) is 0 Å². The summed E-state index contributed by atoms with van der Waals surface area (Å²) in [7, 11) is 0. The Bertz CT molecular complexity index is 901. The average molecular weight is 371 g/mol. The maximum absolute atomic E-state index is 12.3. The minimum Gasteiger partial charge on any atom is -0.469 e. The number of benzene rings is 1. The summed E-state index contributed by atoms with van der Waals surface area (Å²) in [6.07, 6.45) is 1.58. The number of aromatic nitrogens is 3. The summed E-state index contributed by atoms with van der Waals surface area (Å²) >= 11 is 1.26. The number of carbonyl (C=O) groups excluding carboxylic acids is 1. The second kappa shape index (κ2) is 7.65. The summed E-state index contributed by atoms with van der Waals surface area (Å²) in [5.41, 5.74) is 3.03. The lowest BCUT2D eigenvalue weighted by molar-refractivity contribution is -0.120. The Morgan fingerprint density at radius 1 is 1.27 bits per heavy atom. The molecule has 2 heterocycles. The summed E-state index contributed by atoms with van der Waals surface area (Å²) in [5, 5.41) is 11.2. The van der Waals surface area contributed by atoms with Gasteiger partial charge in [0, 0.05) is 6.54 Å². The lowest BCUT2D eigenvalue weighted by Crippen LogP contribution is -2.30. The third-order valence-electron chi connectivity index (χ3n) is 4.00. The number of nitrogen functional groups attached to an aromatic ring is 1. The zero-order valence-electron chi connectivity index (χ0n) is 14.9. The number of aryl methyl sites for hydroxylation is 2. The number of hydrogen-bond acceptors (Lipinski definition) is 6. The van der Waals surface area contributed by atoms with E-state index in [1.165, 1.54) is 22.0 Å². The molecule has 1 aromatic carbocycles. The van der Waals surface area contributed by atoms with E-state index in [-0.39, 0.29) is 11.2 Å². The first-order valence-electron chi connectivity index (χ1n) is 8.20. The van der Waals surface area contributed by atoms with Crippen LogP contribution in [0.25, 0.3) is 11.4 Å². The van der Waals surface area contributed by atoms with Crippen molar-refractivity contribution < 1.29 is 9.21 Å². The standard InChI is InChI=1S/C18H21N5O2S/c1-11-4-6-14(7-5-11)10-20-17(24)13(3)26-18-22-21-16(23(18)19)15-8-9-25-12(15)2/h4-9,13H,10,19H2,1-3H3,(H,20,24). The lowest BCUT2D eigenvalue weighted by atomic mass is 10.1. The second-order valence-corrected chi connectivity index (χ2v) is 7.34. The van der Waals surface area contributed by atoms with Gasteiger partial charge in [-0.1, -0.05) is 41.6 Å². The number of thioether (sulfide) groups is 1. The Balaban J connectivity index is 1.61. The highest BCUT2D eigenvalue weighted by molar-refractivity contribution is 8.00. The van der Waals surface area contributed by atoms with E-state index in [1.807, 2.05) is 45.0 Å². The Hall–Kier alpha value is -2.74.